The Morgan fingerprint density at radius 1 is 0.700 bits per heavy atom. The lowest BCUT2D eigenvalue weighted by atomic mass is 9.81. The van der Waals surface area contributed by atoms with Gasteiger partial charge in [0.15, 0.2) is 0 Å². The molecule has 0 saturated heterocycles. The fourth-order valence-electron chi connectivity index (χ4n) is 1.41. The van der Waals surface area contributed by atoms with Crippen molar-refractivity contribution in [2.45, 2.75) is 54.2 Å². The molecule has 20 heavy (non-hydrogen) atoms. The molecule has 0 aliphatic rings. The Kier molecular flexibility index (Phi) is 10.8. The van der Waals surface area contributed by atoms with Crippen molar-refractivity contribution >= 4 is 106 Å². The van der Waals surface area contributed by atoms with E-state index in [-0.39, 0.29) is 10.8 Å². The van der Waals surface area contributed by atoms with E-state index < -0.39 is 0 Å². The van der Waals surface area contributed by atoms with Crippen molar-refractivity contribution < 1.29 is 0 Å². The highest BCUT2D eigenvalue weighted by Gasteiger charge is 2.25. The van der Waals surface area contributed by atoms with Crippen molar-refractivity contribution in [1.29, 1.82) is 0 Å². The van der Waals surface area contributed by atoms with Gasteiger partial charge in [0.1, 0.15) is 0 Å². The number of halogens is 4. The summed E-state index contributed by atoms with van der Waals surface area (Å²) in [6.07, 6.45) is 1.98. The van der Waals surface area contributed by atoms with Gasteiger partial charge in [-0.1, -0.05) is 41.5 Å². The molecule has 0 rings (SSSR count). The summed E-state index contributed by atoms with van der Waals surface area (Å²) in [7, 11) is 0. The zero-order chi connectivity index (χ0) is 16.1. The van der Waals surface area contributed by atoms with Crippen LogP contribution in [-0.2, 0) is 0 Å². The molecule has 0 unspecified atom stereocenters. The quantitative estimate of drug-likeness (QED) is 0.133. The maximum Gasteiger partial charge on any atom is 0.294 e. The first-order valence-corrected chi connectivity index (χ1v) is 11.5. The Hall–Kier alpha value is 2.39. The van der Waals surface area contributed by atoms with E-state index in [1.165, 1.54) is 11.4 Å². The minimum absolute atomic E-state index is 0.0785. The van der Waals surface area contributed by atoms with E-state index >= 15 is 0 Å². The first-order chi connectivity index (χ1) is 8.84. The Labute approximate surface area is 178 Å². The molecule has 0 N–H and O–H groups in total. The van der Waals surface area contributed by atoms with E-state index in [1.54, 1.807) is 0 Å². The standard InChI is InChI=1S/C12H22B2I4N2/c1-11(2,3)9(7-13(15)16)19-20-10(8-14(17)18)12(4,5)6/h7-8H2,1-6H3/b19-9-,20-10-. The Balaban J connectivity index is 5.42. The third-order valence-electron chi connectivity index (χ3n) is 2.72. The minimum atomic E-state index is 0.0785. The molecule has 0 aromatic carbocycles. The van der Waals surface area contributed by atoms with Gasteiger partial charge < -0.3 is 0 Å². The number of hydrogen-bond acceptors (Lipinski definition) is 2. The second-order valence-corrected chi connectivity index (χ2v) is 17.6. The van der Waals surface area contributed by atoms with Gasteiger partial charge in [-0.2, -0.15) is 10.2 Å². The predicted molar refractivity (Wildman–Crippen MR) is 131 cm³/mol. The summed E-state index contributed by atoms with van der Waals surface area (Å²) in [5.41, 5.74) is 2.53. The van der Waals surface area contributed by atoms with Crippen LogP contribution >= 0.6 is 89.5 Å². The summed E-state index contributed by atoms with van der Waals surface area (Å²) in [5, 5.41) is 9.29. The van der Waals surface area contributed by atoms with Crippen LogP contribution in [0.3, 0.4) is 0 Å². The van der Waals surface area contributed by atoms with E-state index in [0.29, 0.717) is 4.85 Å². The summed E-state index contributed by atoms with van der Waals surface area (Å²) < 4.78 is 1.11. The molecule has 0 aliphatic carbocycles. The van der Waals surface area contributed by atoms with E-state index in [9.17, 15) is 0 Å². The van der Waals surface area contributed by atoms with Crippen LogP contribution in [0.2, 0.25) is 12.6 Å². The third kappa shape index (κ3) is 10.2. The number of rotatable bonds is 5. The summed E-state index contributed by atoms with van der Waals surface area (Å²) >= 11 is 9.78. The SMILES string of the molecule is CC(C)(C)/C(CB(I)I)=N\N=C(\CB(I)I)C(C)(C)C. The average molecular weight is 724 g/mol. The lowest BCUT2D eigenvalue weighted by Crippen LogP contribution is -2.24. The smallest absolute Gasteiger partial charge is 0.160 e. The second-order valence-electron chi connectivity index (χ2n) is 6.78. The molecule has 2 nitrogen and oxygen atoms in total. The van der Waals surface area contributed by atoms with Crippen molar-refractivity contribution in [3.8, 4) is 0 Å². The Morgan fingerprint density at radius 3 is 1.10 bits per heavy atom. The van der Waals surface area contributed by atoms with Gasteiger partial charge in [0, 0.05) is 22.3 Å². The van der Waals surface area contributed by atoms with Crippen molar-refractivity contribution in [2.75, 3.05) is 0 Å². The van der Waals surface area contributed by atoms with Gasteiger partial charge in [-0.25, -0.2) is 0 Å². The van der Waals surface area contributed by atoms with E-state index in [0.717, 1.165) is 12.6 Å². The largest absolute Gasteiger partial charge is 0.294 e. The van der Waals surface area contributed by atoms with Gasteiger partial charge in [-0.15, -0.1) is 89.5 Å². The van der Waals surface area contributed by atoms with Gasteiger partial charge in [-0.3, -0.25) is 0 Å². The normalized spacial score (nSPS) is 14.5. The molecule has 0 aliphatic heterocycles. The Morgan fingerprint density at radius 2 is 0.950 bits per heavy atom. The highest BCUT2D eigenvalue weighted by atomic mass is 127. The van der Waals surface area contributed by atoms with E-state index in [1.807, 2.05) is 0 Å². The van der Waals surface area contributed by atoms with Crippen molar-refractivity contribution in [1.82, 2.24) is 0 Å². The third-order valence-corrected chi connectivity index (χ3v) is 4.48. The molecule has 0 aromatic rings. The summed E-state index contributed by atoms with van der Waals surface area (Å²) in [5.74, 6) is 0. The Bertz CT molecular complexity index is 333. The minimum Gasteiger partial charge on any atom is -0.160 e. The summed E-state index contributed by atoms with van der Waals surface area (Å²) in [4.78, 5) is 0. The zero-order valence-electron chi connectivity index (χ0n) is 13.0. The van der Waals surface area contributed by atoms with Gasteiger partial charge in [0.05, 0.1) is 0 Å². The van der Waals surface area contributed by atoms with Crippen LogP contribution < -0.4 is 0 Å². The van der Waals surface area contributed by atoms with E-state index in [4.69, 9.17) is 0 Å². The molecule has 0 fully saturated rings. The average Bonchev–Trinajstić information content (AvgIpc) is 2.17. The van der Waals surface area contributed by atoms with Crippen LogP contribution in [0.1, 0.15) is 41.5 Å². The molecular formula is C12H22B2I4N2. The first kappa shape index (κ1) is 22.4. The van der Waals surface area contributed by atoms with Crippen molar-refractivity contribution in [2.24, 2.45) is 21.0 Å². The molecule has 0 heterocycles. The number of hydrogen-bond donors (Lipinski definition) is 0. The maximum absolute atomic E-state index is 4.64. The van der Waals surface area contributed by atoms with Crippen LogP contribution in [0.15, 0.2) is 10.2 Å². The molecule has 0 atom stereocenters. The van der Waals surface area contributed by atoms with Crippen LogP contribution in [0.25, 0.3) is 0 Å². The summed E-state index contributed by atoms with van der Waals surface area (Å²) in [6.45, 7) is 13.3. The predicted octanol–water partition coefficient (Wildman–Crippen LogP) is 6.59. The second kappa shape index (κ2) is 9.63. The number of nitrogens with zero attached hydrogens (tertiary/aromatic N) is 2. The lowest BCUT2D eigenvalue weighted by molar-refractivity contribution is 0.577. The lowest BCUT2D eigenvalue weighted by Gasteiger charge is -2.23. The molecule has 114 valence electrons. The van der Waals surface area contributed by atoms with Gasteiger partial charge in [0.25, 0.3) is 4.85 Å². The zero-order valence-corrected chi connectivity index (χ0v) is 21.6. The van der Waals surface area contributed by atoms with Crippen LogP contribution in [-0.4, -0.2) is 16.3 Å². The molecule has 0 saturated carbocycles. The first-order valence-electron chi connectivity index (χ1n) is 6.54. The fraction of sp³-hybridized carbons (Fsp3) is 0.833. The molecule has 8 heteroatoms. The van der Waals surface area contributed by atoms with Gasteiger partial charge >= 0.3 is 0 Å². The van der Waals surface area contributed by atoms with Crippen molar-refractivity contribution in [3.05, 3.63) is 0 Å². The van der Waals surface area contributed by atoms with E-state index in [2.05, 4.69) is 141 Å². The molecule has 0 amide bonds. The topological polar surface area (TPSA) is 24.7 Å². The van der Waals surface area contributed by atoms with Crippen LogP contribution in [0.5, 0.6) is 0 Å². The highest BCUT2D eigenvalue weighted by Crippen LogP contribution is 2.27. The van der Waals surface area contributed by atoms with Crippen LogP contribution in [0, 0.1) is 10.8 Å². The summed E-state index contributed by atoms with van der Waals surface area (Å²) in [6, 6.07) is 0. The fourth-order valence-corrected chi connectivity index (χ4v) is 3.08. The van der Waals surface area contributed by atoms with Gasteiger partial charge in [0.2, 0.25) is 0 Å². The molecule has 0 bridgehead atoms. The maximum atomic E-state index is 4.64. The highest BCUT2D eigenvalue weighted by molar-refractivity contribution is 14.3. The molecular weight excluding hydrogens is 701 g/mol. The molecule has 0 radical (unpaired) electrons. The van der Waals surface area contributed by atoms with Gasteiger partial charge in [-0.05, 0) is 12.6 Å². The van der Waals surface area contributed by atoms with Crippen LogP contribution in [0.4, 0.5) is 0 Å². The molecule has 0 spiro atoms. The van der Waals surface area contributed by atoms with Crippen molar-refractivity contribution in [3.63, 3.8) is 0 Å². The molecule has 0 aromatic heterocycles. The monoisotopic (exact) mass is 724 g/mol.